The van der Waals surface area contributed by atoms with Gasteiger partial charge in [-0.2, -0.15) is 0 Å². The van der Waals surface area contributed by atoms with E-state index in [-0.39, 0.29) is 10.8 Å². The van der Waals surface area contributed by atoms with E-state index in [1.807, 2.05) is 0 Å². The fraction of sp³-hybridized carbons (Fsp3) is 0.773. The minimum absolute atomic E-state index is 0.207. The third kappa shape index (κ3) is 3.35. The van der Waals surface area contributed by atoms with E-state index >= 15 is 0 Å². The first-order chi connectivity index (χ1) is 10.8. The van der Waals surface area contributed by atoms with Gasteiger partial charge in [-0.1, -0.05) is 61.5 Å². The van der Waals surface area contributed by atoms with E-state index in [1.54, 1.807) is 0 Å². The maximum atomic E-state index is 4.94. The predicted molar refractivity (Wildman–Crippen MR) is 103 cm³/mol. The van der Waals surface area contributed by atoms with Crippen molar-refractivity contribution < 1.29 is 0 Å². The maximum Gasteiger partial charge on any atom is 0.0462 e. The largest absolute Gasteiger partial charge is 0.260 e. The summed E-state index contributed by atoms with van der Waals surface area (Å²) in [6.45, 7) is 18.7. The van der Waals surface area contributed by atoms with Crippen LogP contribution < -0.4 is 0 Å². The first-order valence-corrected chi connectivity index (χ1v) is 9.80. The van der Waals surface area contributed by atoms with Gasteiger partial charge in [0.15, 0.2) is 0 Å². The number of hydrogen-bond donors (Lipinski definition) is 0. The molecule has 0 amide bonds. The first-order valence-electron chi connectivity index (χ1n) is 9.80. The summed E-state index contributed by atoms with van der Waals surface area (Å²) in [5.41, 5.74) is 3.46. The van der Waals surface area contributed by atoms with Crippen molar-refractivity contribution in [3.05, 3.63) is 29.6 Å². The Bertz CT molecular complexity index is 459. The zero-order chi connectivity index (χ0) is 17.7. The normalized spacial score (nSPS) is 13.4. The summed E-state index contributed by atoms with van der Waals surface area (Å²) in [5, 5.41) is 0. The Balaban J connectivity index is 3.36. The maximum absolute atomic E-state index is 4.94. The summed E-state index contributed by atoms with van der Waals surface area (Å²) >= 11 is 0. The summed E-state index contributed by atoms with van der Waals surface area (Å²) in [4.78, 5) is 4.94. The molecule has 0 atom stereocenters. The molecule has 0 saturated heterocycles. The van der Waals surface area contributed by atoms with E-state index in [2.05, 4.69) is 73.7 Å². The van der Waals surface area contributed by atoms with E-state index in [0.29, 0.717) is 5.41 Å². The molecule has 0 unspecified atom stereocenters. The van der Waals surface area contributed by atoms with Crippen LogP contribution in [0.1, 0.15) is 105 Å². The monoisotopic (exact) mass is 317 g/mol. The summed E-state index contributed by atoms with van der Waals surface area (Å²) < 4.78 is 0. The average molecular weight is 318 g/mol. The Morgan fingerprint density at radius 2 is 1.26 bits per heavy atom. The van der Waals surface area contributed by atoms with Gasteiger partial charge in [-0.3, -0.25) is 4.98 Å². The number of pyridine rings is 1. The molecule has 1 aromatic heterocycles. The van der Waals surface area contributed by atoms with Gasteiger partial charge >= 0.3 is 0 Å². The van der Waals surface area contributed by atoms with Crippen molar-refractivity contribution in [3.63, 3.8) is 0 Å². The van der Waals surface area contributed by atoms with Crippen molar-refractivity contribution in [1.29, 1.82) is 0 Å². The average Bonchev–Trinajstić information content (AvgIpc) is 2.62. The highest BCUT2D eigenvalue weighted by molar-refractivity contribution is 5.29. The Morgan fingerprint density at radius 1 is 0.739 bits per heavy atom. The molecule has 0 bridgehead atoms. The fourth-order valence-corrected chi connectivity index (χ4v) is 4.43. The van der Waals surface area contributed by atoms with Crippen molar-refractivity contribution >= 4 is 0 Å². The number of hydrogen-bond acceptors (Lipinski definition) is 1. The Labute approximate surface area is 145 Å². The highest BCUT2D eigenvalue weighted by Gasteiger charge is 2.44. The van der Waals surface area contributed by atoms with Crippen LogP contribution in [0.15, 0.2) is 18.3 Å². The van der Waals surface area contributed by atoms with Crippen LogP contribution in [0.5, 0.6) is 0 Å². The molecule has 0 radical (unpaired) electrons. The topological polar surface area (TPSA) is 12.9 Å². The second-order valence-electron chi connectivity index (χ2n) is 7.76. The standard InChI is InChI=1S/C22H39N/c1-9-20(7,10-2)19-16-15-18(17-23-19)22(13-5,14-6)21(8,11-3)12-4/h15-17H,9-14H2,1-8H3. The smallest absolute Gasteiger partial charge is 0.0462 e. The number of aromatic nitrogens is 1. The number of nitrogens with zero attached hydrogens (tertiary/aromatic N) is 1. The molecule has 0 N–H and O–H groups in total. The second-order valence-corrected chi connectivity index (χ2v) is 7.76. The van der Waals surface area contributed by atoms with Crippen molar-refractivity contribution in [2.45, 2.75) is 105 Å². The van der Waals surface area contributed by atoms with Crippen molar-refractivity contribution in [3.8, 4) is 0 Å². The zero-order valence-corrected chi connectivity index (χ0v) is 16.9. The molecule has 1 nitrogen and oxygen atoms in total. The van der Waals surface area contributed by atoms with Crippen LogP contribution in [0.3, 0.4) is 0 Å². The second kappa shape index (κ2) is 7.81. The molecule has 0 aliphatic rings. The zero-order valence-electron chi connectivity index (χ0n) is 16.9. The lowest BCUT2D eigenvalue weighted by molar-refractivity contribution is 0.110. The summed E-state index contributed by atoms with van der Waals surface area (Å²) in [6, 6.07) is 4.68. The Morgan fingerprint density at radius 3 is 1.57 bits per heavy atom. The van der Waals surface area contributed by atoms with E-state index in [9.17, 15) is 0 Å². The molecule has 132 valence electrons. The molecule has 0 fully saturated rings. The lowest BCUT2D eigenvalue weighted by Crippen LogP contribution is -2.42. The first kappa shape index (κ1) is 20.2. The van der Waals surface area contributed by atoms with Gasteiger partial charge in [-0.15, -0.1) is 0 Å². The minimum Gasteiger partial charge on any atom is -0.260 e. The quantitative estimate of drug-likeness (QED) is 0.476. The predicted octanol–water partition coefficient (Wildman–Crippen LogP) is 7.04. The SMILES string of the molecule is CCC(C)(CC)c1ccc(C(CC)(CC)C(C)(CC)CC)cn1. The fourth-order valence-electron chi connectivity index (χ4n) is 4.43. The number of rotatable bonds is 9. The van der Waals surface area contributed by atoms with Crippen molar-refractivity contribution in [2.24, 2.45) is 5.41 Å². The molecular weight excluding hydrogens is 278 g/mol. The summed E-state index contributed by atoms with van der Waals surface area (Å²) in [5.74, 6) is 0. The van der Waals surface area contributed by atoms with Crippen LogP contribution in [0, 0.1) is 5.41 Å². The van der Waals surface area contributed by atoms with Crippen LogP contribution in [-0.4, -0.2) is 4.98 Å². The molecule has 0 spiro atoms. The highest BCUT2D eigenvalue weighted by atomic mass is 14.7. The van der Waals surface area contributed by atoms with E-state index in [0.717, 1.165) is 12.8 Å². The molecule has 1 rings (SSSR count). The lowest BCUT2D eigenvalue weighted by atomic mass is 9.56. The van der Waals surface area contributed by atoms with E-state index in [1.165, 1.54) is 36.9 Å². The van der Waals surface area contributed by atoms with Crippen LogP contribution in [0.25, 0.3) is 0 Å². The molecular formula is C22H39N. The van der Waals surface area contributed by atoms with Gasteiger partial charge in [0, 0.05) is 22.7 Å². The van der Waals surface area contributed by atoms with Crippen LogP contribution >= 0.6 is 0 Å². The minimum atomic E-state index is 0.207. The molecule has 1 aromatic rings. The van der Waals surface area contributed by atoms with E-state index < -0.39 is 0 Å². The third-order valence-corrected chi connectivity index (χ3v) is 7.42. The highest BCUT2D eigenvalue weighted by Crippen LogP contribution is 2.51. The van der Waals surface area contributed by atoms with Crippen LogP contribution in [-0.2, 0) is 10.8 Å². The van der Waals surface area contributed by atoms with E-state index in [4.69, 9.17) is 4.98 Å². The molecule has 0 aromatic carbocycles. The summed E-state index contributed by atoms with van der Waals surface area (Å²) in [7, 11) is 0. The van der Waals surface area contributed by atoms with Gasteiger partial charge < -0.3 is 0 Å². The van der Waals surface area contributed by atoms with Crippen LogP contribution in [0.4, 0.5) is 0 Å². The summed E-state index contributed by atoms with van der Waals surface area (Å²) in [6.07, 6.45) is 9.27. The Kier molecular flexibility index (Phi) is 6.86. The van der Waals surface area contributed by atoms with Crippen molar-refractivity contribution in [2.75, 3.05) is 0 Å². The molecule has 23 heavy (non-hydrogen) atoms. The van der Waals surface area contributed by atoms with Gasteiger partial charge in [0.25, 0.3) is 0 Å². The van der Waals surface area contributed by atoms with Gasteiger partial charge in [-0.25, -0.2) is 0 Å². The molecule has 0 saturated carbocycles. The molecule has 1 heteroatoms. The van der Waals surface area contributed by atoms with Gasteiger partial charge in [0.2, 0.25) is 0 Å². The van der Waals surface area contributed by atoms with Crippen LogP contribution in [0.2, 0.25) is 0 Å². The van der Waals surface area contributed by atoms with Gasteiger partial charge in [-0.05, 0) is 55.6 Å². The Hall–Kier alpha value is -0.850. The molecule has 0 aliphatic carbocycles. The third-order valence-electron chi connectivity index (χ3n) is 7.42. The molecule has 0 aliphatic heterocycles. The van der Waals surface area contributed by atoms with Crippen molar-refractivity contribution in [1.82, 2.24) is 4.98 Å². The lowest BCUT2D eigenvalue weighted by Gasteiger charge is -2.48. The van der Waals surface area contributed by atoms with Gasteiger partial charge in [0.1, 0.15) is 0 Å². The van der Waals surface area contributed by atoms with Gasteiger partial charge in [0.05, 0.1) is 0 Å². The molecule has 1 heterocycles.